The number of piperidine rings is 1. The molecule has 0 amide bonds. The monoisotopic (exact) mass is 151 g/mol. The van der Waals surface area contributed by atoms with Gasteiger partial charge in [0.1, 0.15) is 0 Å². The largest absolute Gasteiger partial charge is 0.313 e. The average Bonchev–Trinajstić information content (AvgIpc) is 2.58. The third kappa shape index (κ3) is 1.64. The molecule has 0 spiro atoms. The van der Waals surface area contributed by atoms with E-state index in [1.165, 1.54) is 51.6 Å². The molecule has 11 heavy (non-hydrogen) atoms. The van der Waals surface area contributed by atoms with Crippen LogP contribution in [0, 0.1) is 0 Å². The van der Waals surface area contributed by atoms with Gasteiger partial charge in [-0.15, -0.1) is 0 Å². The first-order valence-corrected chi connectivity index (χ1v) is 4.87. The minimum absolute atomic E-state index is 1.19. The maximum atomic E-state index is 3.45. The summed E-state index contributed by atoms with van der Waals surface area (Å²) in [5.41, 5.74) is 3.53. The van der Waals surface area contributed by atoms with E-state index >= 15 is 0 Å². The lowest BCUT2D eigenvalue weighted by Crippen LogP contribution is -2.24. The van der Waals surface area contributed by atoms with Crippen molar-refractivity contribution < 1.29 is 0 Å². The van der Waals surface area contributed by atoms with Crippen molar-refractivity contribution in [3.8, 4) is 0 Å². The van der Waals surface area contributed by atoms with Crippen molar-refractivity contribution in [2.45, 2.75) is 38.5 Å². The van der Waals surface area contributed by atoms with Gasteiger partial charge in [-0.1, -0.05) is 11.1 Å². The van der Waals surface area contributed by atoms with Gasteiger partial charge in [0, 0.05) is 6.54 Å². The Labute approximate surface area is 68.9 Å². The van der Waals surface area contributed by atoms with E-state index < -0.39 is 0 Å². The fourth-order valence-corrected chi connectivity index (χ4v) is 2.21. The summed E-state index contributed by atoms with van der Waals surface area (Å²) in [6.07, 6.45) is 8.42. The highest BCUT2D eigenvalue weighted by atomic mass is 14.9. The number of allylic oxidation sites excluding steroid dienone is 1. The normalized spacial score (nSPS) is 26.2. The summed E-state index contributed by atoms with van der Waals surface area (Å²) < 4.78 is 0. The van der Waals surface area contributed by atoms with Crippen LogP contribution in [0.25, 0.3) is 0 Å². The second-order valence-corrected chi connectivity index (χ2v) is 3.69. The summed E-state index contributed by atoms with van der Waals surface area (Å²) in [5, 5.41) is 3.45. The number of rotatable bonds is 0. The zero-order valence-corrected chi connectivity index (χ0v) is 7.16. The lowest BCUT2D eigenvalue weighted by atomic mass is 9.99. The molecule has 0 bridgehead atoms. The van der Waals surface area contributed by atoms with Crippen molar-refractivity contribution >= 4 is 0 Å². The average molecular weight is 151 g/mol. The molecule has 0 aromatic carbocycles. The standard InChI is InChI=1S/C10H17N/c1-2-5-9(4-1)10-6-3-7-11-8-10/h11H,1-8H2. The van der Waals surface area contributed by atoms with E-state index in [0.717, 1.165) is 0 Å². The van der Waals surface area contributed by atoms with Crippen molar-refractivity contribution in [2.75, 3.05) is 13.1 Å². The van der Waals surface area contributed by atoms with E-state index in [0.29, 0.717) is 0 Å². The summed E-state index contributed by atoms with van der Waals surface area (Å²) in [6, 6.07) is 0. The summed E-state index contributed by atoms with van der Waals surface area (Å²) in [5.74, 6) is 0. The van der Waals surface area contributed by atoms with Crippen LogP contribution in [0.3, 0.4) is 0 Å². The molecule has 1 heteroatoms. The summed E-state index contributed by atoms with van der Waals surface area (Å²) in [7, 11) is 0. The molecule has 1 nitrogen and oxygen atoms in total. The topological polar surface area (TPSA) is 12.0 Å². The predicted octanol–water partition coefficient (Wildman–Crippen LogP) is 2.24. The maximum Gasteiger partial charge on any atom is 0.0167 e. The molecule has 1 aliphatic heterocycles. The van der Waals surface area contributed by atoms with E-state index in [1.54, 1.807) is 11.1 Å². The molecule has 1 saturated carbocycles. The van der Waals surface area contributed by atoms with Crippen LogP contribution in [0.15, 0.2) is 11.1 Å². The van der Waals surface area contributed by atoms with Gasteiger partial charge < -0.3 is 5.32 Å². The van der Waals surface area contributed by atoms with E-state index in [1.807, 2.05) is 0 Å². The van der Waals surface area contributed by atoms with Crippen LogP contribution in [0.1, 0.15) is 38.5 Å². The van der Waals surface area contributed by atoms with Gasteiger partial charge in [0.05, 0.1) is 0 Å². The molecule has 1 heterocycles. The molecule has 0 aromatic rings. The van der Waals surface area contributed by atoms with Gasteiger partial charge in [-0.05, 0) is 45.1 Å². The smallest absolute Gasteiger partial charge is 0.0167 e. The SMILES string of the molecule is C1CCC(=C2CCCNC2)C1. The zero-order valence-electron chi connectivity index (χ0n) is 7.16. The molecule has 2 rings (SSSR count). The second-order valence-electron chi connectivity index (χ2n) is 3.69. The van der Waals surface area contributed by atoms with E-state index in [2.05, 4.69) is 5.32 Å². The van der Waals surface area contributed by atoms with E-state index in [-0.39, 0.29) is 0 Å². The Hall–Kier alpha value is -0.300. The fourth-order valence-electron chi connectivity index (χ4n) is 2.21. The van der Waals surface area contributed by atoms with Gasteiger partial charge in [-0.3, -0.25) is 0 Å². The first kappa shape index (κ1) is 7.35. The molecule has 2 aliphatic rings. The molecular formula is C10H17N. The molecule has 0 atom stereocenters. The number of hydrogen-bond donors (Lipinski definition) is 1. The fraction of sp³-hybridized carbons (Fsp3) is 0.800. The highest BCUT2D eigenvalue weighted by Crippen LogP contribution is 2.29. The molecule has 1 aliphatic carbocycles. The molecular weight excluding hydrogens is 134 g/mol. The van der Waals surface area contributed by atoms with Gasteiger partial charge >= 0.3 is 0 Å². The minimum atomic E-state index is 1.19. The van der Waals surface area contributed by atoms with Crippen molar-refractivity contribution in [2.24, 2.45) is 0 Å². The Kier molecular flexibility index (Phi) is 2.27. The van der Waals surface area contributed by atoms with Crippen LogP contribution >= 0.6 is 0 Å². The summed E-state index contributed by atoms with van der Waals surface area (Å²) >= 11 is 0. The Morgan fingerprint density at radius 1 is 0.818 bits per heavy atom. The van der Waals surface area contributed by atoms with E-state index in [4.69, 9.17) is 0 Å². The molecule has 0 aromatic heterocycles. The van der Waals surface area contributed by atoms with Gasteiger partial charge in [0.2, 0.25) is 0 Å². The highest BCUT2D eigenvalue weighted by molar-refractivity contribution is 5.19. The predicted molar refractivity (Wildman–Crippen MR) is 47.6 cm³/mol. The first-order valence-electron chi connectivity index (χ1n) is 4.87. The molecule has 0 unspecified atom stereocenters. The lowest BCUT2D eigenvalue weighted by Gasteiger charge is -2.17. The summed E-state index contributed by atoms with van der Waals surface area (Å²) in [4.78, 5) is 0. The van der Waals surface area contributed by atoms with Crippen molar-refractivity contribution in [3.63, 3.8) is 0 Å². The third-order valence-electron chi connectivity index (χ3n) is 2.88. The zero-order chi connectivity index (χ0) is 7.52. The Morgan fingerprint density at radius 3 is 2.18 bits per heavy atom. The van der Waals surface area contributed by atoms with Crippen LogP contribution in [0.5, 0.6) is 0 Å². The number of hydrogen-bond acceptors (Lipinski definition) is 1. The van der Waals surface area contributed by atoms with Crippen LogP contribution in [-0.4, -0.2) is 13.1 Å². The Balaban J connectivity index is 2.03. The molecule has 62 valence electrons. The van der Waals surface area contributed by atoms with Gasteiger partial charge in [-0.25, -0.2) is 0 Å². The van der Waals surface area contributed by atoms with Crippen LogP contribution in [0.2, 0.25) is 0 Å². The summed E-state index contributed by atoms with van der Waals surface area (Å²) in [6.45, 7) is 2.42. The minimum Gasteiger partial charge on any atom is -0.313 e. The van der Waals surface area contributed by atoms with Crippen molar-refractivity contribution in [1.29, 1.82) is 0 Å². The molecule has 0 radical (unpaired) electrons. The van der Waals surface area contributed by atoms with Crippen molar-refractivity contribution in [3.05, 3.63) is 11.1 Å². The third-order valence-corrected chi connectivity index (χ3v) is 2.88. The van der Waals surface area contributed by atoms with Gasteiger partial charge in [-0.2, -0.15) is 0 Å². The first-order chi connectivity index (χ1) is 5.47. The van der Waals surface area contributed by atoms with Crippen LogP contribution in [0.4, 0.5) is 0 Å². The Bertz CT molecular complexity index is 154. The van der Waals surface area contributed by atoms with Gasteiger partial charge in [0.25, 0.3) is 0 Å². The molecule has 2 fully saturated rings. The van der Waals surface area contributed by atoms with Gasteiger partial charge in [0.15, 0.2) is 0 Å². The van der Waals surface area contributed by atoms with Crippen molar-refractivity contribution in [1.82, 2.24) is 5.32 Å². The highest BCUT2D eigenvalue weighted by Gasteiger charge is 2.13. The quantitative estimate of drug-likeness (QED) is 0.523. The van der Waals surface area contributed by atoms with E-state index in [9.17, 15) is 0 Å². The molecule has 1 N–H and O–H groups in total. The number of nitrogens with one attached hydrogen (secondary N) is 1. The lowest BCUT2D eigenvalue weighted by molar-refractivity contribution is 0.601. The Morgan fingerprint density at radius 2 is 1.55 bits per heavy atom. The van der Waals surface area contributed by atoms with Crippen LogP contribution < -0.4 is 5.32 Å². The molecule has 1 saturated heterocycles. The second kappa shape index (κ2) is 3.40. The maximum absolute atomic E-state index is 3.45. The van der Waals surface area contributed by atoms with Crippen LogP contribution in [-0.2, 0) is 0 Å².